The molecule has 126 valence electrons. The third kappa shape index (κ3) is 2.43. The van der Waals surface area contributed by atoms with Gasteiger partial charge in [0.15, 0.2) is 11.4 Å². The number of hydrogen-bond donors (Lipinski definition) is 2. The molecule has 22 heavy (non-hydrogen) atoms. The zero-order valence-electron chi connectivity index (χ0n) is 13.6. The molecule has 0 aromatic rings. The fourth-order valence-corrected chi connectivity index (χ4v) is 3.87. The van der Waals surface area contributed by atoms with Crippen LogP contribution in [0.1, 0.15) is 40.0 Å². The fraction of sp³-hybridized carbons (Fsp3) is 0.812. The van der Waals surface area contributed by atoms with E-state index in [1.165, 1.54) is 7.11 Å². The van der Waals surface area contributed by atoms with Crippen molar-refractivity contribution in [1.82, 2.24) is 0 Å². The number of alkyl halides is 1. The highest BCUT2D eigenvalue weighted by molar-refractivity contribution is 6.18. The molecule has 0 spiro atoms. The molecule has 0 bridgehead atoms. The molecule has 1 aliphatic heterocycles. The molecule has 6 heteroatoms. The number of Topliss-reactive ketones (excluding diaryl/α,β-unsaturated/α-hetero) is 1. The van der Waals surface area contributed by atoms with Crippen molar-refractivity contribution in [1.29, 1.82) is 0 Å². The Balaban J connectivity index is 2.38. The van der Waals surface area contributed by atoms with E-state index in [0.717, 1.165) is 5.57 Å². The average molecular weight is 333 g/mol. The number of methoxy groups -OCH3 is 1. The molecule has 5 nitrogen and oxygen atoms in total. The van der Waals surface area contributed by atoms with Crippen LogP contribution in [0.25, 0.3) is 0 Å². The summed E-state index contributed by atoms with van der Waals surface area (Å²) in [4.78, 5) is 12.2. The maximum Gasteiger partial charge on any atom is 0.164 e. The van der Waals surface area contributed by atoms with Crippen LogP contribution in [0.2, 0.25) is 0 Å². The van der Waals surface area contributed by atoms with Crippen LogP contribution >= 0.6 is 11.6 Å². The van der Waals surface area contributed by atoms with Crippen LogP contribution in [-0.4, -0.2) is 58.0 Å². The Morgan fingerprint density at radius 2 is 2.14 bits per heavy atom. The van der Waals surface area contributed by atoms with Gasteiger partial charge in [-0.2, -0.15) is 0 Å². The van der Waals surface area contributed by atoms with E-state index in [2.05, 4.69) is 0 Å². The van der Waals surface area contributed by atoms with Crippen LogP contribution in [0, 0.1) is 0 Å². The van der Waals surface area contributed by atoms with E-state index in [1.807, 2.05) is 19.9 Å². The Morgan fingerprint density at radius 3 is 2.64 bits per heavy atom. The maximum absolute atomic E-state index is 12.2. The highest BCUT2D eigenvalue weighted by atomic mass is 35.5. The standard InChI is InChI=1S/C16H25ClO5/c1-10(2)5-6-12-14(3,22-12)16(20)13(21-4)11(18)7-8-15(16,19)9-17/h5,12-13,19-20H,6-9H2,1-4H3/t12-,13?,14+,15+,16+/m1/s1. The first-order valence-corrected chi connectivity index (χ1v) is 8.07. The van der Waals surface area contributed by atoms with Crippen LogP contribution < -0.4 is 0 Å². The first-order chi connectivity index (χ1) is 10.2. The van der Waals surface area contributed by atoms with E-state index >= 15 is 0 Å². The first-order valence-electron chi connectivity index (χ1n) is 7.53. The Bertz CT molecular complexity index is 489. The highest BCUT2D eigenvalue weighted by Gasteiger charge is 2.76. The van der Waals surface area contributed by atoms with Crippen LogP contribution in [-0.2, 0) is 14.3 Å². The van der Waals surface area contributed by atoms with Crippen LogP contribution in [0.3, 0.4) is 0 Å². The van der Waals surface area contributed by atoms with Gasteiger partial charge >= 0.3 is 0 Å². The summed E-state index contributed by atoms with van der Waals surface area (Å²) in [5.41, 5.74) is -3.43. The molecule has 2 aliphatic rings. The number of halogens is 1. The number of ether oxygens (including phenoxy) is 2. The molecule has 1 saturated carbocycles. The van der Waals surface area contributed by atoms with Gasteiger partial charge in [0.25, 0.3) is 0 Å². The van der Waals surface area contributed by atoms with Gasteiger partial charge in [0.2, 0.25) is 0 Å². The van der Waals surface area contributed by atoms with E-state index in [0.29, 0.717) is 6.42 Å². The second-order valence-electron chi connectivity index (χ2n) is 6.74. The van der Waals surface area contributed by atoms with Crippen molar-refractivity contribution in [3.05, 3.63) is 11.6 Å². The largest absolute Gasteiger partial charge is 0.385 e. The summed E-state index contributed by atoms with van der Waals surface area (Å²) in [7, 11) is 1.35. The van der Waals surface area contributed by atoms with E-state index in [9.17, 15) is 15.0 Å². The van der Waals surface area contributed by atoms with Gasteiger partial charge in [0, 0.05) is 13.5 Å². The lowest BCUT2D eigenvalue weighted by molar-refractivity contribution is -0.240. The molecule has 1 saturated heterocycles. The van der Waals surface area contributed by atoms with Crippen molar-refractivity contribution in [2.24, 2.45) is 0 Å². The van der Waals surface area contributed by atoms with Gasteiger partial charge in [-0.1, -0.05) is 11.6 Å². The summed E-state index contributed by atoms with van der Waals surface area (Å²) >= 11 is 5.94. The number of carbonyl (C=O) groups is 1. The second-order valence-corrected chi connectivity index (χ2v) is 7.01. The SMILES string of the molecule is COC1C(=O)CC[C@](O)(CCl)[C@@]1(O)[C@@]1(C)O[C@@H]1CC=C(C)C. The van der Waals surface area contributed by atoms with Crippen LogP contribution in [0.4, 0.5) is 0 Å². The lowest BCUT2D eigenvalue weighted by Gasteiger charge is -2.51. The predicted octanol–water partition coefficient (Wildman–Crippen LogP) is 1.58. The number of allylic oxidation sites excluding steroid dienone is 1. The molecule has 1 heterocycles. The monoisotopic (exact) mass is 332 g/mol. The summed E-state index contributed by atoms with van der Waals surface area (Å²) in [5.74, 6) is -0.428. The number of rotatable bonds is 5. The summed E-state index contributed by atoms with van der Waals surface area (Å²) < 4.78 is 11.0. The Kier molecular flexibility index (Phi) is 4.78. The van der Waals surface area contributed by atoms with Crippen molar-refractivity contribution < 1.29 is 24.5 Å². The second kappa shape index (κ2) is 5.87. The van der Waals surface area contributed by atoms with Crippen molar-refractivity contribution in [3.63, 3.8) is 0 Å². The van der Waals surface area contributed by atoms with Crippen molar-refractivity contribution >= 4 is 17.4 Å². The first kappa shape index (κ1) is 17.9. The van der Waals surface area contributed by atoms with Gasteiger partial charge in [0.05, 0.1) is 12.0 Å². The maximum atomic E-state index is 12.2. The van der Waals surface area contributed by atoms with E-state index in [1.54, 1.807) is 6.92 Å². The highest BCUT2D eigenvalue weighted by Crippen LogP contribution is 2.56. The minimum atomic E-state index is -1.87. The molecule has 0 amide bonds. The van der Waals surface area contributed by atoms with Gasteiger partial charge < -0.3 is 19.7 Å². The van der Waals surface area contributed by atoms with Crippen LogP contribution in [0.5, 0.6) is 0 Å². The molecule has 2 N–H and O–H groups in total. The van der Waals surface area contributed by atoms with Crippen molar-refractivity contribution in [2.45, 2.75) is 69.0 Å². The molecular formula is C16H25ClO5. The molecule has 0 radical (unpaired) electrons. The minimum Gasteiger partial charge on any atom is -0.385 e. The Hall–Kier alpha value is -0.460. The van der Waals surface area contributed by atoms with Crippen molar-refractivity contribution in [3.8, 4) is 0 Å². The Morgan fingerprint density at radius 1 is 1.50 bits per heavy atom. The van der Waals surface area contributed by atoms with E-state index < -0.39 is 22.9 Å². The molecule has 0 aromatic heterocycles. The zero-order valence-corrected chi connectivity index (χ0v) is 14.3. The lowest BCUT2D eigenvalue weighted by Crippen LogP contribution is -2.74. The van der Waals surface area contributed by atoms with Gasteiger partial charge in [-0.3, -0.25) is 4.79 Å². The number of aliphatic hydroxyl groups is 2. The van der Waals surface area contributed by atoms with E-state index in [4.69, 9.17) is 21.1 Å². The average Bonchev–Trinajstić information content (AvgIpc) is 3.14. The smallest absolute Gasteiger partial charge is 0.164 e. The Labute approximate surface area is 136 Å². The van der Waals surface area contributed by atoms with E-state index in [-0.39, 0.29) is 30.6 Å². The van der Waals surface area contributed by atoms with Gasteiger partial charge in [-0.05, 0) is 33.6 Å². The molecule has 2 fully saturated rings. The molecule has 0 aromatic carbocycles. The van der Waals surface area contributed by atoms with Gasteiger partial charge in [-0.25, -0.2) is 0 Å². The van der Waals surface area contributed by atoms with Gasteiger partial charge in [0.1, 0.15) is 17.3 Å². The fourth-order valence-electron chi connectivity index (χ4n) is 3.53. The predicted molar refractivity (Wildman–Crippen MR) is 83.0 cm³/mol. The number of epoxide rings is 1. The summed E-state index contributed by atoms with van der Waals surface area (Å²) in [6.45, 7) is 5.66. The molecule has 1 aliphatic carbocycles. The number of ketones is 1. The lowest BCUT2D eigenvalue weighted by atomic mass is 9.63. The summed E-state index contributed by atoms with van der Waals surface area (Å²) in [6, 6.07) is 0. The van der Waals surface area contributed by atoms with Gasteiger partial charge in [-0.15, -0.1) is 11.6 Å². The van der Waals surface area contributed by atoms with Crippen LogP contribution in [0.15, 0.2) is 11.6 Å². The summed E-state index contributed by atoms with van der Waals surface area (Å²) in [5, 5.41) is 22.2. The topological polar surface area (TPSA) is 79.3 Å². The number of carbonyl (C=O) groups excluding carboxylic acids is 1. The minimum absolute atomic E-state index is 0.0972. The number of hydrogen-bond acceptors (Lipinski definition) is 5. The quantitative estimate of drug-likeness (QED) is 0.454. The third-order valence-corrected chi connectivity index (χ3v) is 5.51. The normalized spacial score (nSPS) is 44.8. The third-order valence-electron chi connectivity index (χ3n) is 5.06. The molecule has 5 atom stereocenters. The van der Waals surface area contributed by atoms with Crippen molar-refractivity contribution in [2.75, 3.05) is 13.0 Å². The zero-order chi connectivity index (χ0) is 16.8. The molecular weight excluding hydrogens is 308 g/mol. The summed E-state index contributed by atoms with van der Waals surface area (Å²) in [6.07, 6.45) is 1.39. The molecule has 2 rings (SSSR count). The molecule has 1 unspecified atom stereocenters.